The molecule has 0 aliphatic carbocycles. The maximum absolute atomic E-state index is 13.8. The summed E-state index contributed by atoms with van der Waals surface area (Å²) in [5, 5.41) is 0.599. The molecule has 1 aromatic carbocycles. The predicted octanol–water partition coefficient (Wildman–Crippen LogP) is 2.48. The van der Waals surface area contributed by atoms with Crippen LogP contribution in [0.2, 0.25) is 5.02 Å². The van der Waals surface area contributed by atoms with E-state index in [1.807, 2.05) is 31.0 Å². The van der Waals surface area contributed by atoms with Crippen molar-refractivity contribution in [2.24, 2.45) is 0 Å². The van der Waals surface area contributed by atoms with Gasteiger partial charge in [0.15, 0.2) is 0 Å². The molecule has 34 heavy (non-hydrogen) atoms. The zero-order valence-electron chi connectivity index (χ0n) is 19.2. The van der Waals surface area contributed by atoms with Gasteiger partial charge in [-0.25, -0.2) is 4.79 Å². The molecule has 186 valence electrons. The standard InChI is InChI=1S/C23H29ClFN3O6/c1-3-27(4-2)10-9-21(29)33-14-19-18(32-13-15-5-7-16(24)8-6-15)11-20(34-19)28-12-17(25)22(30)26-23(28)31/h5-8,12,18-20H,3-4,9-11,13-14H2,1-2H3,(H,26,30,31)/t18?,19-,20-/m0/s1. The van der Waals surface area contributed by atoms with Crippen LogP contribution >= 0.6 is 11.6 Å². The summed E-state index contributed by atoms with van der Waals surface area (Å²) in [6.45, 7) is 6.45. The topological polar surface area (TPSA) is 103 Å². The highest BCUT2D eigenvalue weighted by Crippen LogP contribution is 2.31. The number of benzene rings is 1. The van der Waals surface area contributed by atoms with Gasteiger partial charge in [-0.15, -0.1) is 0 Å². The number of aromatic amines is 1. The third-order valence-corrected chi connectivity index (χ3v) is 5.98. The summed E-state index contributed by atoms with van der Waals surface area (Å²) in [4.78, 5) is 39.8. The van der Waals surface area contributed by atoms with Crippen molar-refractivity contribution in [2.45, 2.75) is 51.7 Å². The van der Waals surface area contributed by atoms with Crippen LogP contribution in [0.1, 0.15) is 38.5 Å². The van der Waals surface area contributed by atoms with Crippen molar-refractivity contribution in [1.29, 1.82) is 0 Å². The average Bonchev–Trinajstić information content (AvgIpc) is 3.23. The van der Waals surface area contributed by atoms with Crippen molar-refractivity contribution in [2.75, 3.05) is 26.2 Å². The molecule has 0 spiro atoms. The lowest BCUT2D eigenvalue weighted by Crippen LogP contribution is -2.34. The molecule has 0 bridgehead atoms. The van der Waals surface area contributed by atoms with E-state index in [2.05, 4.69) is 4.90 Å². The molecule has 11 heteroatoms. The van der Waals surface area contributed by atoms with Gasteiger partial charge in [0, 0.05) is 18.0 Å². The second-order valence-electron chi connectivity index (χ2n) is 7.94. The molecule has 1 saturated heterocycles. The highest BCUT2D eigenvalue weighted by atomic mass is 35.5. The SMILES string of the molecule is CCN(CC)CCC(=O)OC[C@@H]1O[C@H](n2cc(F)c(=O)[nH]c2=O)CC1OCc1ccc(Cl)cc1. The first-order valence-corrected chi connectivity index (χ1v) is 11.6. The van der Waals surface area contributed by atoms with Crippen LogP contribution in [0.3, 0.4) is 0 Å². The molecule has 0 radical (unpaired) electrons. The van der Waals surface area contributed by atoms with Crippen LogP contribution in [0.4, 0.5) is 4.39 Å². The summed E-state index contributed by atoms with van der Waals surface area (Å²) in [5.74, 6) is -1.48. The van der Waals surface area contributed by atoms with E-state index in [-0.39, 0.29) is 32.0 Å². The molecule has 0 saturated carbocycles. The molecule has 3 atom stereocenters. The van der Waals surface area contributed by atoms with Crippen molar-refractivity contribution in [3.05, 3.63) is 67.7 Å². The van der Waals surface area contributed by atoms with Crippen LogP contribution in [-0.2, 0) is 25.6 Å². The van der Waals surface area contributed by atoms with E-state index in [0.717, 1.165) is 29.4 Å². The number of carbonyl (C=O) groups is 1. The van der Waals surface area contributed by atoms with Crippen LogP contribution in [0.15, 0.2) is 40.1 Å². The summed E-state index contributed by atoms with van der Waals surface area (Å²) in [6, 6.07) is 7.12. The second kappa shape index (κ2) is 12.3. The van der Waals surface area contributed by atoms with Crippen LogP contribution in [0.5, 0.6) is 0 Å². The number of halogens is 2. The quantitative estimate of drug-likeness (QED) is 0.476. The smallest absolute Gasteiger partial charge is 0.330 e. The van der Waals surface area contributed by atoms with Gasteiger partial charge in [0.1, 0.15) is 18.9 Å². The molecule has 0 amide bonds. The van der Waals surface area contributed by atoms with E-state index in [4.69, 9.17) is 25.8 Å². The summed E-state index contributed by atoms with van der Waals surface area (Å²) in [6.07, 6.45) is -0.886. The number of aromatic nitrogens is 2. The summed E-state index contributed by atoms with van der Waals surface area (Å²) < 4.78 is 32.1. The van der Waals surface area contributed by atoms with Gasteiger partial charge in [-0.05, 0) is 30.8 Å². The minimum absolute atomic E-state index is 0.0839. The van der Waals surface area contributed by atoms with Crippen molar-refractivity contribution in [1.82, 2.24) is 14.5 Å². The van der Waals surface area contributed by atoms with Gasteiger partial charge < -0.3 is 19.1 Å². The summed E-state index contributed by atoms with van der Waals surface area (Å²) in [5.41, 5.74) is -1.03. The lowest BCUT2D eigenvalue weighted by atomic mass is 10.1. The van der Waals surface area contributed by atoms with Gasteiger partial charge in [-0.3, -0.25) is 19.1 Å². The Kier molecular flexibility index (Phi) is 9.40. The molecule has 1 aromatic heterocycles. The van der Waals surface area contributed by atoms with Crippen LogP contribution in [0.25, 0.3) is 0 Å². The predicted molar refractivity (Wildman–Crippen MR) is 123 cm³/mol. The van der Waals surface area contributed by atoms with Gasteiger partial charge in [0.2, 0.25) is 5.82 Å². The Hall–Kier alpha value is -2.53. The lowest BCUT2D eigenvalue weighted by Gasteiger charge is -2.20. The minimum atomic E-state index is -1.10. The first-order valence-electron chi connectivity index (χ1n) is 11.2. The third kappa shape index (κ3) is 6.99. The maximum atomic E-state index is 13.8. The number of hydrogen-bond donors (Lipinski definition) is 1. The van der Waals surface area contributed by atoms with E-state index >= 15 is 0 Å². The molecular formula is C23H29ClFN3O6. The minimum Gasteiger partial charge on any atom is -0.463 e. The number of esters is 1. The molecule has 1 unspecified atom stereocenters. The maximum Gasteiger partial charge on any atom is 0.330 e. The molecule has 9 nitrogen and oxygen atoms in total. The lowest BCUT2D eigenvalue weighted by molar-refractivity contribution is -0.151. The first-order chi connectivity index (χ1) is 16.3. The van der Waals surface area contributed by atoms with Gasteiger partial charge in [0.25, 0.3) is 5.56 Å². The Bertz CT molecular complexity index is 1070. The molecular weight excluding hydrogens is 469 g/mol. The fourth-order valence-corrected chi connectivity index (χ4v) is 3.82. The van der Waals surface area contributed by atoms with E-state index in [0.29, 0.717) is 11.6 Å². The van der Waals surface area contributed by atoms with Gasteiger partial charge in [-0.1, -0.05) is 37.6 Å². The number of carbonyl (C=O) groups excluding carboxylic acids is 1. The zero-order chi connectivity index (χ0) is 24.7. The first kappa shape index (κ1) is 26.1. The summed E-state index contributed by atoms with van der Waals surface area (Å²) in [7, 11) is 0. The highest BCUT2D eigenvalue weighted by molar-refractivity contribution is 6.30. The van der Waals surface area contributed by atoms with Crippen molar-refractivity contribution in [3.8, 4) is 0 Å². The van der Waals surface area contributed by atoms with Crippen LogP contribution < -0.4 is 11.2 Å². The fourth-order valence-electron chi connectivity index (χ4n) is 3.69. The molecule has 2 aromatic rings. The number of ether oxygens (including phenoxy) is 3. The Morgan fingerprint density at radius 1 is 1.26 bits per heavy atom. The van der Waals surface area contributed by atoms with E-state index in [9.17, 15) is 18.8 Å². The van der Waals surface area contributed by atoms with Crippen molar-refractivity contribution >= 4 is 17.6 Å². The van der Waals surface area contributed by atoms with E-state index < -0.39 is 35.5 Å². The molecule has 1 aliphatic rings. The zero-order valence-corrected chi connectivity index (χ0v) is 19.9. The Morgan fingerprint density at radius 3 is 2.65 bits per heavy atom. The van der Waals surface area contributed by atoms with E-state index in [1.54, 1.807) is 12.1 Å². The summed E-state index contributed by atoms with van der Waals surface area (Å²) >= 11 is 5.92. The second-order valence-corrected chi connectivity index (χ2v) is 8.38. The van der Waals surface area contributed by atoms with E-state index in [1.165, 1.54) is 0 Å². The number of hydrogen-bond acceptors (Lipinski definition) is 7. The number of rotatable bonds is 11. The number of nitrogens with zero attached hydrogens (tertiary/aromatic N) is 2. The van der Waals surface area contributed by atoms with Crippen molar-refractivity contribution < 1.29 is 23.4 Å². The normalized spacial score (nSPS) is 20.1. The van der Waals surface area contributed by atoms with Gasteiger partial charge in [-0.2, -0.15) is 4.39 Å². The number of nitrogens with one attached hydrogen (secondary N) is 1. The van der Waals surface area contributed by atoms with Crippen LogP contribution in [-0.4, -0.2) is 58.9 Å². The Balaban J connectivity index is 1.67. The van der Waals surface area contributed by atoms with Gasteiger partial charge >= 0.3 is 11.7 Å². The third-order valence-electron chi connectivity index (χ3n) is 5.73. The molecule has 3 rings (SSSR count). The molecule has 1 aliphatic heterocycles. The molecule has 1 N–H and O–H groups in total. The monoisotopic (exact) mass is 497 g/mol. The fraction of sp³-hybridized carbons (Fsp3) is 0.522. The molecule has 2 heterocycles. The average molecular weight is 498 g/mol. The highest BCUT2D eigenvalue weighted by Gasteiger charge is 2.38. The molecule has 1 fully saturated rings. The Labute approximate surface area is 201 Å². The Morgan fingerprint density at radius 2 is 1.97 bits per heavy atom. The largest absolute Gasteiger partial charge is 0.463 e. The number of H-pyrrole nitrogens is 1. The van der Waals surface area contributed by atoms with Gasteiger partial charge in [0.05, 0.1) is 25.3 Å². The van der Waals surface area contributed by atoms with Crippen LogP contribution in [0, 0.1) is 5.82 Å². The van der Waals surface area contributed by atoms with Crippen molar-refractivity contribution in [3.63, 3.8) is 0 Å².